The summed E-state index contributed by atoms with van der Waals surface area (Å²) in [5, 5.41) is 0.448. The minimum atomic E-state index is -0.419. The normalized spacial score (nSPS) is 13.9. The van der Waals surface area contributed by atoms with Crippen LogP contribution in [0.3, 0.4) is 0 Å². The molecule has 1 aliphatic rings. The molecule has 3 aromatic rings. The number of rotatable bonds is 5. The zero-order chi connectivity index (χ0) is 22.0. The first-order valence-corrected chi connectivity index (χ1v) is 10.8. The van der Waals surface area contributed by atoms with Crippen LogP contribution in [0.25, 0.3) is 10.6 Å². The molecule has 0 bridgehead atoms. The molecule has 0 aliphatic carbocycles. The average molecular weight is 442 g/mol. The highest BCUT2D eigenvalue weighted by molar-refractivity contribution is 7.15. The van der Waals surface area contributed by atoms with Gasteiger partial charge in [-0.15, -0.1) is 11.3 Å². The molecule has 1 saturated heterocycles. The molecule has 0 unspecified atom stereocenters. The summed E-state index contributed by atoms with van der Waals surface area (Å²) in [6, 6.07) is 12.5. The van der Waals surface area contributed by atoms with Gasteiger partial charge in [0.05, 0.1) is 25.5 Å². The lowest BCUT2D eigenvalue weighted by Gasteiger charge is -2.36. The van der Waals surface area contributed by atoms with Crippen LogP contribution in [0.4, 0.5) is 10.1 Å². The zero-order valence-corrected chi connectivity index (χ0v) is 18.5. The number of para-hydroxylation sites is 2. The van der Waals surface area contributed by atoms with Gasteiger partial charge in [-0.2, -0.15) is 0 Å². The maximum atomic E-state index is 14.5. The Kier molecular flexibility index (Phi) is 6.08. The third kappa shape index (κ3) is 4.07. The van der Waals surface area contributed by atoms with Gasteiger partial charge in [0.15, 0.2) is 0 Å². The molecule has 4 rings (SSSR count). The molecule has 8 heteroatoms. The number of aromatic nitrogens is 1. The highest BCUT2D eigenvalue weighted by Gasteiger charge is 2.28. The number of carbonyl (C=O) groups is 1. The van der Waals surface area contributed by atoms with Crippen molar-refractivity contribution in [3.63, 3.8) is 0 Å². The van der Waals surface area contributed by atoms with Gasteiger partial charge in [-0.25, -0.2) is 9.37 Å². The standard InChI is InChI=1S/C23H24FN3O3S/c1-15-21(25-22(31-15)20-16(24)7-6-10-19(20)30-3)23(28)27-13-11-26(12-14-27)17-8-4-5-9-18(17)29-2/h4-10H,11-14H2,1-3H3. The van der Waals surface area contributed by atoms with Crippen LogP contribution in [0.2, 0.25) is 0 Å². The third-order valence-electron chi connectivity index (χ3n) is 5.40. The van der Waals surface area contributed by atoms with Gasteiger partial charge in [-0.1, -0.05) is 18.2 Å². The number of halogens is 1. The average Bonchev–Trinajstić information content (AvgIpc) is 3.19. The summed E-state index contributed by atoms with van der Waals surface area (Å²) in [5.41, 5.74) is 1.69. The summed E-state index contributed by atoms with van der Waals surface area (Å²) in [6.07, 6.45) is 0. The number of aryl methyl sites for hydroxylation is 1. The van der Waals surface area contributed by atoms with Crippen molar-refractivity contribution in [2.45, 2.75) is 6.92 Å². The van der Waals surface area contributed by atoms with Crippen LogP contribution in [0.5, 0.6) is 11.5 Å². The Hall–Kier alpha value is -3.13. The van der Waals surface area contributed by atoms with Gasteiger partial charge in [-0.3, -0.25) is 4.79 Å². The molecule has 2 aromatic carbocycles. The Morgan fingerprint density at radius 3 is 2.39 bits per heavy atom. The van der Waals surface area contributed by atoms with E-state index in [1.807, 2.05) is 31.2 Å². The molecule has 31 heavy (non-hydrogen) atoms. The summed E-state index contributed by atoms with van der Waals surface area (Å²) in [5.74, 6) is 0.673. The van der Waals surface area contributed by atoms with Crippen molar-refractivity contribution in [2.24, 2.45) is 0 Å². The number of piperazine rings is 1. The highest BCUT2D eigenvalue weighted by Crippen LogP contribution is 2.36. The second-order valence-electron chi connectivity index (χ2n) is 7.19. The predicted molar refractivity (Wildman–Crippen MR) is 120 cm³/mol. The number of thiazole rings is 1. The van der Waals surface area contributed by atoms with Crippen molar-refractivity contribution < 1.29 is 18.7 Å². The molecule has 1 amide bonds. The zero-order valence-electron chi connectivity index (χ0n) is 17.7. The van der Waals surface area contributed by atoms with E-state index in [0.717, 1.165) is 16.3 Å². The van der Waals surface area contributed by atoms with Crippen LogP contribution in [0.1, 0.15) is 15.4 Å². The summed E-state index contributed by atoms with van der Waals surface area (Å²) < 4.78 is 25.2. The summed E-state index contributed by atoms with van der Waals surface area (Å²) >= 11 is 1.30. The lowest BCUT2D eigenvalue weighted by atomic mass is 10.2. The van der Waals surface area contributed by atoms with E-state index in [4.69, 9.17) is 9.47 Å². The van der Waals surface area contributed by atoms with Gasteiger partial charge in [0, 0.05) is 31.1 Å². The summed E-state index contributed by atoms with van der Waals surface area (Å²) in [6.45, 7) is 4.39. The maximum Gasteiger partial charge on any atom is 0.273 e. The fourth-order valence-corrected chi connectivity index (χ4v) is 4.73. The van der Waals surface area contributed by atoms with Crippen LogP contribution >= 0.6 is 11.3 Å². The first-order valence-electron chi connectivity index (χ1n) is 10.0. The van der Waals surface area contributed by atoms with Crippen LogP contribution in [-0.2, 0) is 0 Å². The molecule has 6 nitrogen and oxygen atoms in total. The number of hydrogen-bond donors (Lipinski definition) is 0. The molecule has 1 fully saturated rings. The molecule has 1 aliphatic heterocycles. The SMILES string of the molecule is COc1ccccc1N1CCN(C(=O)c2nc(-c3c(F)cccc3OC)sc2C)CC1. The van der Waals surface area contributed by atoms with Crippen molar-refractivity contribution in [3.8, 4) is 22.1 Å². The van der Waals surface area contributed by atoms with Crippen LogP contribution in [-0.4, -0.2) is 56.2 Å². The van der Waals surface area contributed by atoms with Gasteiger partial charge in [-0.05, 0) is 31.2 Å². The van der Waals surface area contributed by atoms with E-state index in [2.05, 4.69) is 9.88 Å². The smallest absolute Gasteiger partial charge is 0.273 e. The monoisotopic (exact) mass is 441 g/mol. The van der Waals surface area contributed by atoms with Crippen molar-refractivity contribution in [1.29, 1.82) is 0 Å². The molecule has 0 N–H and O–H groups in total. The van der Waals surface area contributed by atoms with Crippen LogP contribution in [0, 0.1) is 12.7 Å². The second-order valence-corrected chi connectivity index (χ2v) is 8.40. The van der Waals surface area contributed by atoms with Crippen LogP contribution in [0.15, 0.2) is 42.5 Å². The Morgan fingerprint density at radius 1 is 1.00 bits per heavy atom. The van der Waals surface area contributed by atoms with Gasteiger partial charge < -0.3 is 19.3 Å². The number of nitrogens with zero attached hydrogens (tertiary/aromatic N) is 3. The molecule has 162 valence electrons. The Morgan fingerprint density at radius 2 is 1.68 bits per heavy atom. The largest absolute Gasteiger partial charge is 0.496 e. The third-order valence-corrected chi connectivity index (χ3v) is 6.39. The summed E-state index contributed by atoms with van der Waals surface area (Å²) in [7, 11) is 3.15. The van der Waals surface area contributed by atoms with Crippen molar-refractivity contribution in [3.05, 3.63) is 58.9 Å². The van der Waals surface area contributed by atoms with Gasteiger partial charge >= 0.3 is 0 Å². The number of methoxy groups -OCH3 is 2. The quantitative estimate of drug-likeness (QED) is 0.593. The maximum absolute atomic E-state index is 14.5. The Balaban J connectivity index is 1.52. The topological polar surface area (TPSA) is 54.9 Å². The van der Waals surface area contributed by atoms with Crippen molar-refractivity contribution >= 4 is 22.9 Å². The lowest BCUT2D eigenvalue weighted by molar-refractivity contribution is 0.0741. The molecular formula is C23H24FN3O3S. The minimum Gasteiger partial charge on any atom is -0.496 e. The first kappa shape index (κ1) is 21.1. The molecule has 0 radical (unpaired) electrons. The van der Waals surface area contributed by atoms with E-state index in [1.54, 1.807) is 24.1 Å². The lowest BCUT2D eigenvalue weighted by Crippen LogP contribution is -2.49. The minimum absolute atomic E-state index is 0.130. The molecule has 1 aromatic heterocycles. The van der Waals surface area contributed by atoms with E-state index in [-0.39, 0.29) is 11.5 Å². The Bertz CT molecular complexity index is 1090. The number of amides is 1. The van der Waals surface area contributed by atoms with Gasteiger partial charge in [0.2, 0.25) is 0 Å². The van der Waals surface area contributed by atoms with E-state index in [1.165, 1.54) is 24.5 Å². The van der Waals surface area contributed by atoms with E-state index >= 15 is 0 Å². The van der Waals surface area contributed by atoms with Gasteiger partial charge in [0.25, 0.3) is 5.91 Å². The second kappa shape index (κ2) is 8.93. The fourth-order valence-electron chi connectivity index (χ4n) is 3.78. The van der Waals surface area contributed by atoms with Crippen molar-refractivity contribution in [2.75, 3.05) is 45.3 Å². The number of benzene rings is 2. The molecule has 2 heterocycles. The van der Waals surface area contributed by atoms with E-state index in [9.17, 15) is 9.18 Å². The number of anilines is 1. The fraction of sp³-hybridized carbons (Fsp3) is 0.304. The van der Waals surface area contributed by atoms with Crippen LogP contribution < -0.4 is 14.4 Å². The number of carbonyl (C=O) groups excluding carboxylic acids is 1. The number of ether oxygens (including phenoxy) is 2. The van der Waals surface area contributed by atoms with E-state index in [0.29, 0.717) is 42.6 Å². The molecule has 0 spiro atoms. The van der Waals surface area contributed by atoms with E-state index < -0.39 is 5.82 Å². The van der Waals surface area contributed by atoms with Gasteiger partial charge in [0.1, 0.15) is 28.0 Å². The number of hydrogen-bond acceptors (Lipinski definition) is 6. The van der Waals surface area contributed by atoms with Crippen molar-refractivity contribution in [1.82, 2.24) is 9.88 Å². The molecule has 0 atom stereocenters. The first-order chi connectivity index (χ1) is 15.0. The predicted octanol–water partition coefficient (Wildman–Crippen LogP) is 4.24. The highest BCUT2D eigenvalue weighted by atomic mass is 32.1. The Labute approximate surface area is 184 Å². The summed E-state index contributed by atoms with van der Waals surface area (Å²) in [4.78, 5) is 22.5. The molecule has 0 saturated carbocycles. The molecular weight excluding hydrogens is 417 g/mol.